The molecule has 0 amide bonds. The first-order valence-electron chi connectivity index (χ1n) is 11.7. The highest BCUT2D eigenvalue weighted by atomic mass is 19.1. The maximum Gasteiger partial charge on any atom is 0.302 e. The number of pyridine rings is 1. The molecule has 0 atom stereocenters. The van der Waals surface area contributed by atoms with Crippen LogP contribution >= 0.6 is 0 Å². The van der Waals surface area contributed by atoms with Crippen molar-refractivity contribution in [3.05, 3.63) is 82.7 Å². The Hall–Kier alpha value is -4.07. The highest BCUT2D eigenvalue weighted by Crippen LogP contribution is 2.31. The SMILES string of the molecule is CN(c1ccc(Oc2nc3cnccc3c(=O)[nH]2)cc1)c1ccc(F)c(C(=O)CC2CCCC2)c1. The van der Waals surface area contributed by atoms with Crippen molar-refractivity contribution in [1.82, 2.24) is 15.0 Å². The summed E-state index contributed by atoms with van der Waals surface area (Å²) < 4.78 is 20.2. The van der Waals surface area contributed by atoms with Gasteiger partial charge in [0.1, 0.15) is 11.6 Å². The Morgan fingerprint density at radius 3 is 2.63 bits per heavy atom. The number of ether oxygens (including phenoxy) is 1. The molecule has 0 spiro atoms. The van der Waals surface area contributed by atoms with E-state index in [1.807, 2.05) is 24.1 Å². The van der Waals surface area contributed by atoms with E-state index in [4.69, 9.17) is 4.74 Å². The first kappa shape index (κ1) is 22.7. The first-order valence-corrected chi connectivity index (χ1v) is 11.7. The van der Waals surface area contributed by atoms with E-state index in [0.717, 1.165) is 31.4 Å². The van der Waals surface area contributed by atoms with Crippen LogP contribution in [0.15, 0.2) is 65.7 Å². The monoisotopic (exact) mass is 472 g/mol. The molecule has 1 N–H and O–H groups in total. The topological polar surface area (TPSA) is 88.2 Å². The van der Waals surface area contributed by atoms with Gasteiger partial charge in [0.25, 0.3) is 5.56 Å². The summed E-state index contributed by atoms with van der Waals surface area (Å²) in [6.45, 7) is 0. The molecule has 4 aromatic rings. The number of hydrogen-bond donors (Lipinski definition) is 1. The number of H-pyrrole nitrogens is 1. The lowest BCUT2D eigenvalue weighted by Gasteiger charge is -2.21. The summed E-state index contributed by atoms with van der Waals surface area (Å²) in [6.07, 6.45) is 7.81. The molecular formula is C27H25FN4O3. The van der Waals surface area contributed by atoms with E-state index in [1.54, 1.807) is 30.3 Å². The van der Waals surface area contributed by atoms with Crippen LogP contribution in [-0.2, 0) is 0 Å². The number of benzene rings is 2. The van der Waals surface area contributed by atoms with Crippen LogP contribution in [0.1, 0.15) is 42.5 Å². The zero-order valence-corrected chi connectivity index (χ0v) is 19.3. The van der Waals surface area contributed by atoms with Gasteiger partial charge in [0, 0.05) is 31.0 Å². The fraction of sp³-hybridized carbons (Fsp3) is 0.259. The van der Waals surface area contributed by atoms with E-state index in [1.165, 1.54) is 18.5 Å². The molecule has 35 heavy (non-hydrogen) atoms. The highest BCUT2D eigenvalue weighted by molar-refractivity contribution is 5.97. The van der Waals surface area contributed by atoms with Crippen molar-refractivity contribution in [2.24, 2.45) is 5.92 Å². The predicted octanol–water partition coefficient (Wildman–Crippen LogP) is 5.78. The Morgan fingerprint density at radius 1 is 1.11 bits per heavy atom. The van der Waals surface area contributed by atoms with Gasteiger partial charge in [-0.25, -0.2) is 4.39 Å². The van der Waals surface area contributed by atoms with Gasteiger partial charge in [0.15, 0.2) is 5.78 Å². The maximum absolute atomic E-state index is 14.5. The summed E-state index contributed by atoms with van der Waals surface area (Å²) in [4.78, 5) is 37.7. The van der Waals surface area contributed by atoms with Gasteiger partial charge in [0.2, 0.25) is 0 Å². The third kappa shape index (κ3) is 4.91. The van der Waals surface area contributed by atoms with E-state index in [0.29, 0.717) is 34.7 Å². The van der Waals surface area contributed by atoms with Crippen molar-refractivity contribution in [2.75, 3.05) is 11.9 Å². The van der Waals surface area contributed by atoms with Crippen LogP contribution in [0.5, 0.6) is 11.8 Å². The van der Waals surface area contributed by atoms with Gasteiger partial charge < -0.3 is 9.64 Å². The Morgan fingerprint density at radius 2 is 1.86 bits per heavy atom. The average Bonchev–Trinajstić information content (AvgIpc) is 3.37. The molecule has 8 heteroatoms. The minimum atomic E-state index is -0.485. The molecule has 0 unspecified atom stereocenters. The minimum absolute atomic E-state index is 0.0700. The quantitative estimate of drug-likeness (QED) is 0.343. The summed E-state index contributed by atoms with van der Waals surface area (Å²) in [5.74, 6) is 0.223. The van der Waals surface area contributed by atoms with Crippen LogP contribution in [0.2, 0.25) is 0 Å². The average molecular weight is 473 g/mol. The number of nitrogens with zero attached hydrogens (tertiary/aromatic N) is 3. The van der Waals surface area contributed by atoms with Gasteiger partial charge in [-0.1, -0.05) is 25.7 Å². The third-order valence-electron chi connectivity index (χ3n) is 6.51. The van der Waals surface area contributed by atoms with Gasteiger partial charge in [-0.15, -0.1) is 0 Å². The molecule has 1 aliphatic rings. The Kier molecular flexibility index (Phi) is 6.27. The summed E-state index contributed by atoms with van der Waals surface area (Å²) >= 11 is 0. The van der Waals surface area contributed by atoms with Crippen molar-refractivity contribution >= 4 is 28.1 Å². The normalized spacial score (nSPS) is 13.8. The summed E-state index contributed by atoms with van der Waals surface area (Å²) in [5.41, 5.74) is 1.81. The Balaban J connectivity index is 1.32. The second kappa shape index (κ2) is 9.66. The van der Waals surface area contributed by atoms with Crippen LogP contribution in [-0.4, -0.2) is 27.8 Å². The number of hydrogen-bond acceptors (Lipinski definition) is 6. The summed E-state index contributed by atoms with van der Waals surface area (Å²) in [6, 6.07) is 13.4. The minimum Gasteiger partial charge on any atom is -0.426 e. The van der Waals surface area contributed by atoms with Crippen molar-refractivity contribution < 1.29 is 13.9 Å². The summed E-state index contributed by atoms with van der Waals surface area (Å²) in [5, 5.41) is 0.435. The van der Waals surface area contributed by atoms with Crippen molar-refractivity contribution in [1.29, 1.82) is 0 Å². The molecule has 2 aromatic carbocycles. The molecule has 1 fully saturated rings. The second-order valence-electron chi connectivity index (χ2n) is 8.86. The number of Topliss-reactive ketones (excluding diaryl/α,β-unsaturated/α-hetero) is 1. The van der Waals surface area contributed by atoms with E-state index in [-0.39, 0.29) is 22.9 Å². The third-order valence-corrected chi connectivity index (χ3v) is 6.51. The maximum atomic E-state index is 14.5. The van der Waals surface area contributed by atoms with Crippen LogP contribution in [0.25, 0.3) is 10.9 Å². The number of anilines is 2. The lowest BCUT2D eigenvalue weighted by molar-refractivity contribution is 0.0958. The number of carbonyl (C=O) groups is 1. The van der Waals surface area contributed by atoms with E-state index in [2.05, 4.69) is 15.0 Å². The van der Waals surface area contributed by atoms with Gasteiger partial charge in [0.05, 0.1) is 22.7 Å². The summed E-state index contributed by atoms with van der Waals surface area (Å²) in [7, 11) is 1.85. The van der Waals surface area contributed by atoms with Gasteiger partial charge in [-0.05, 0) is 54.4 Å². The molecule has 178 valence electrons. The first-order chi connectivity index (χ1) is 17.0. The van der Waals surface area contributed by atoms with Crippen LogP contribution in [0.4, 0.5) is 15.8 Å². The fourth-order valence-electron chi connectivity index (χ4n) is 4.54. The van der Waals surface area contributed by atoms with Crippen LogP contribution in [0.3, 0.4) is 0 Å². The standard InChI is InChI=1S/C27H25FN4O3/c1-32(19-8-11-23(28)22(15-19)25(33)14-17-4-2-3-5-17)18-6-9-20(10-7-18)35-27-30-24-16-29-13-12-21(24)26(34)31-27/h6-13,15-17H,2-5,14H2,1H3,(H,30,31,34). The number of aromatic nitrogens is 3. The molecule has 0 bridgehead atoms. The van der Waals surface area contributed by atoms with Gasteiger partial charge in [-0.3, -0.25) is 19.6 Å². The smallest absolute Gasteiger partial charge is 0.302 e. The zero-order chi connectivity index (χ0) is 24.4. The number of carbonyl (C=O) groups excluding carboxylic acids is 1. The molecule has 0 aliphatic heterocycles. The molecule has 5 rings (SSSR count). The molecule has 0 saturated heterocycles. The molecule has 7 nitrogen and oxygen atoms in total. The van der Waals surface area contributed by atoms with Gasteiger partial charge in [-0.2, -0.15) is 4.98 Å². The molecular weight excluding hydrogens is 447 g/mol. The fourth-order valence-corrected chi connectivity index (χ4v) is 4.54. The highest BCUT2D eigenvalue weighted by Gasteiger charge is 2.22. The van der Waals surface area contributed by atoms with Gasteiger partial charge >= 0.3 is 6.01 Å². The van der Waals surface area contributed by atoms with E-state index in [9.17, 15) is 14.0 Å². The molecule has 1 saturated carbocycles. The van der Waals surface area contributed by atoms with Crippen LogP contribution < -0.4 is 15.2 Å². The number of ketones is 1. The Bertz CT molecular complexity index is 1430. The second-order valence-corrected chi connectivity index (χ2v) is 8.86. The van der Waals surface area contributed by atoms with E-state index < -0.39 is 5.82 Å². The zero-order valence-electron chi connectivity index (χ0n) is 19.3. The molecule has 2 aromatic heterocycles. The number of nitrogens with one attached hydrogen (secondary N) is 1. The number of aromatic amines is 1. The largest absolute Gasteiger partial charge is 0.426 e. The van der Waals surface area contributed by atoms with Crippen LogP contribution in [0, 0.1) is 11.7 Å². The number of halogens is 1. The van der Waals surface area contributed by atoms with Crippen molar-refractivity contribution in [2.45, 2.75) is 32.1 Å². The number of fused-ring (bicyclic) bond motifs is 1. The lowest BCUT2D eigenvalue weighted by Crippen LogP contribution is -2.13. The Labute approximate surface area is 201 Å². The molecule has 2 heterocycles. The predicted molar refractivity (Wildman–Crippen MR) is 132 cm³/mol. The van der Waals surface area contributed by atoms with Crippen molar-refractivity contribution in [3.8, 4) is 11.8 Å². The number of rotatable bonds is 7. The van der Waals surface area contributed by atoms with E-state index >= 15 is 0 Å². The lowest BCUT2D eigenvalue weighted by atomic mass is 9.96. The van der Waals surface area contributed by atoms with Crippen molar-refractivity contribution in [3.63, 3.8) is 0 Å². The molecule has 0 radical (unpaired) electrons. The molecule has 1 aliphatic carbocycles.